The number of sulfonamides is 1. The average Bonchev–Trinajstić information content (AvgIpc) is 2.47. The Labute approximate surface area is 125 Å². The standard InChI is InChI=1S/C14H21N3O3S/c1-21(18,19)17-6-4-14-13(11-17)16(7-8-20-14)10-12-3-2-5-15-9-12/h2-3,5,9,13-14H,4,6-8,10-11H2,1H3/t13-,14+/m1/s1. The normalized spacial score (nSPS) is 28.2. The number of aromatic nitrogens is 1. The van der Waals surface area contributed by atoms with E-state index in [1.54, 1.807) is 10.5 Å². The lowest BCUT2D eigenvalue weighted by molar-refractivity contribution is -0.0958. The number of piperidine rings is 1. The molecule has 2 aliphatic heterocycles. The van der Waals surface area contributed by atoms with Gasteiger partial charge in [-0.05, 0) is 18.1 Å². The predicted octanol–water partition coefficient (Wildman–Crippen LogP) is 0.316. The van der Waals surface area contributed by atoms with Crippen molar-refractivity contribution in [2.24, 2.45) is 0 Å². The number of hydrogen-bond acceptors (Lipinski definition) is 5. The van der Waals surface area contributed by atoms with Gasteiger partial charge in [-0.2, -0.15) is 0 Å². The summed E-state index contributed by atoms with van der Waals surface area (Å²) in [4.78, 5) is 6.47. The van der Waals surface area contributed by atoms with Crippen LogP contribution < -0.4 is 0 Å². The molecular formula is C14H21N3O3S. The maximum absolute atomic E-state index is 11.8. The molecule has 0 bridgehead atoms. The van der Waals surface area contributed by atoms with Crippen LogP contribution in [-0.4, -0.2) is 67.2 Å². The number of morpholine rings is 1. The van der Waals surface area contributed by atoms with Gasteiger partial charge in [-0.1, -0.05) is 6.07 Å². The van der Waals surface area contributed by atoms with Crippen LogP contribution >= 0.6 is 0 Å². The number of ether oxygens (including phenoxy) is 1. The smallest absolute Gasteiger partial charge is 0.211 e. The average molecular weight is 311 g/mol. The molecule has 0 aromatic carbocycles. The van der Waals surface area contributed by atoms with Gasteiger partial charge in [-0.3, -0.25) is 9.88 Å². The van der Waals surface area contributed by atoms with Crippen LogP contribution in [0.15, 0.2) is 24.5 Å². The summed E-state index contributed by atoms with van der Waals surface area (Å²) in [6.45, 7) is 3.40. The third-order valence-corrected chi connectivity index (χ3v) is 5.51. The van der Waals surface area contributed by atoms with E-state index in [-0.39, 0.29) is 12.1 Å². The first-order chi connectivity index (χ1) is 10.0. The number of pyridine rings is 1. The lowest BCUT2D eigenvalue weighted by Crippen LogP contribution is -2.60. The van der Waals surface area contributed by atoms with Crippen molar-refractivity contribution < 1.29 is 13.2 Å². The Hall–Kier alpha value is -1.02. The summed E-state index contributed by atoms with van der Waals surface area (Å²) in [5.41, 5.74) is 1.15. The van der Waals surface area contributed by atoms with E-state index in [9.17, 15) is 8.42 Å². The first-order valence-corrected chi connectivity index (χ1v) is 9.08. The fourth-order valence-electron chi connectivity index (χ4n) is 3.14. The van der Waals surface area contributed by atoms with Gasteiger partial charge in [0.2, 0.25) is 10.0 Å². The lowest BCUT2D eigenvalue weighted by atomic mass is 10.00. The van der Waals surface area contributed by atoms with Crippen LogP contribution in [0.2, 0.25) is 0 Å². The molecule has 1 aromatic rings. The van der Waals surface area contributed by atoms with E-state index in [2.05, 4.69) is 16.0 Å². The van der Waals surface area contributed by atoms with Crippen molar-refractivity contribution >= 4 is 10.0 Å². The molecule has 21 heavy (non-hydrogen) atoms. The molecule has 0 N–H and O–H groups in total. The van der Waals surface area contributed by atoms with Gasteiger partial charge < -0.3 is 4.74 Å². The zero-order valence-electron chi connectivity index (χ0n) is 12.2. The summed E-state index contributed by atoms with van der Waals surface area (Å²) >= 11 is 0. The van der Waals surface area contributed by atoms with Crippen molar-refractivity contribution in [3.05, 3.63) is 30.1 Å². The first-order valence-electron chi connectivity index (χ1n) is 7.24. The first kappa shape index (κ1) is 14.9. The molecule has 2 saturated heterocycles. The Balaban J connectivity index is 1.74. The van der Waals surface area contributed by atoms with Gasteiger partial charge in [0, 0.05) is 38.6 Å². The van der Waals surface area contributed by atoms with Crippen molar-refractivity contribution in [1.29, 1.82) is 0 Å². The van der Waals surface area contributed by atoms with E-state index in [1.807, 2.05) is 12.3 Å². The van der Waals surface area contributed by atoms with Crippen molar-refractivity contribution in [3.63, 3.8) is 0 Å². The van der Waals surface area contributed by atoms with Crippen molar-refractivity contribution in [2.75, 3.05) is 32.5 Å². The lowest BCUT2D eigenvalue weighted by Gasteiger charge is -2.46. The molecular weight excluding hydrogens is 290 g/mol. The molecule has 1 aromatic heterocycles. The van der Waals surface area contributed by atoms with Crippen molar-refractivity contribution in [3.8, 4) is 0 Å². The minimum Gasteiger partial charge on any atom is -0.375 e. The summed E-state index contributed by atoms with van der Waals surface area (Å²) in [7, 11) is -3.13. The molecule has 0 unspecified atom stereocenters. The maximum Gasteiger partial charge on any atom is 0.211 e. The Morgan fingerprint density at radius 3 is 3.00 bits per heavy atom. The molecule has 3 heterocycles. The van der Waals surface area contributed by atoms with Gasteiger partial charge in [0.05, 0.1) is 25.0 Å². The van der Waals surface area contributed by atoms with Crippen LogP contribution in [0.4, 0.5) is 0 Å². The minimum absolute atomic E-state index is 0.127. The second-order valence-electron chi connectivity index (χ2n) is 5.72. The topological polar surface area (TPSA) is 62.7 Å². The Bertz CT molecular complexity index is 578. The second kappa shape index (κ2) is 6.00. The largest absolute Gasteiger partial charge is 0.375 e. The molecule has 0 spiro atoms. The molecule has 6 nitrogen and oxygen atoms in total. The summed E-state index contributed by atoms with van der Waals surface area (Å²) in [6.07, 6.45) is 5.80. The molecule has 2 fully saturated rings. The fraction of sp³-hybridized carbons (Fsp3) is 0.643. The van der Waals surface area contributed by atoms with E-state index in [0.717, 1.165) is 25.1 Å². The van der Waals surface area contributed by atoms with Crippen molar-refractivity contribution in [2.45, 2.75) is 25.1 Å². The monoisotopic (exact) mass is 311 g/mol. The second-order valence-corrected chi connectivity index (χ2v) is 7.70. The maximum atomic E-state index is 11.8. The predicted molar refractivity (Wildman–Crippen MR) is 79.2 cm³/mol. The van der Waals surface area contributed by atoms with Gasteiger partial charge in [0.25, 0.3) is 0 Å². The molecule has 116 valence electrons. The van der Waals surface area contributed by atoms with E-state index in [1.165, 1.54) is 6.26 Å². The van der Waals surface area contributed by atoms with Crippen LogP contribution in [0, 0.1) is 0 Å². The van der Waals surface area contributed by atoms with Crippen LogP contribution in [0.5, 0.6) is 0 Å². The fourth-order valence-corrected chi connectivity index (χ4v) is 4.00. The van der Waals surface area contributed by atoms with E-state index < -0.39 is 10.0 Å². The highest BCUT2D eigenvalue weighted by Gasteiger charge is 2.39. The Morgan fingerprint density at radius 1 is 1.43 bits per heavy atom. The minimum atomic E-state index is -3.13. The molecule has 7 heteroatoms. The van der Waals surface area contributed by atoms with E-state index in [0.29, 0.717) is 19.7 Å². The number of nitrogens with zero attached hydrogens (tertiary/aromatic N) is 3. The Morgan fingerprint density at radius 2 is 2.29 bits per heavy atom. The van der Waals surface area contributed by atoms with Crippen LogP contribution in [0.3, 0.4) is 0 Å². The summed E-state index contributed by atoms with van der Waals surface area (Å²) in [6, 6.07) is 4.10. The summed E-state index contributed by atoms with van der Waals surface area (Å²) in [5, 5.41) is 0. The highest BCUT2D eigenvalue weighted by molar-refractivity contribution is 7.88. The highest BCUT2D eigenvalue weighted by Crippen LogP contribution is 2.25. The van der Waals surface area contributed by atoms with Gasteiger partial charge in [-0.25, -0.2) is 12.7 Å². The molecule has 0 aliphatic carbocycles. The van der Waals surface area contributed by atoms with Crippen LogP contribution in [0.25, 0.3) is 0 Å². The van der Waals surface area contributed by atoms with Crippen molar-refractivity contribution in [1.82, 2.24) is 14.2 Å². The van der Waals surface area contributed by atoms with Crippen LogP contribution in [-0.2, 0) is 21.3 Å². The third-order valence-electron chi connectivity index (χ3n) is 4.24. The van der Waals surface area contributed by atoms with Gasteiger partial charge in [0.1, 0.15) is 0 Å². The quantitative estimate of drug-likeness (QED) is 0.804. The third kappa shape index (κ3) is 3.42. The molecule has 0 saturated carbocycles. The molecule has 0 amide bonds. The molecule has 0 radical (unpaired) electrons. The summed E-state index contributed by atoms with van der Waals surface area (Å²) < 4.78 is 31.0. The van der Waals surface area contributed by atoms with E-state index >= 15 is 0 Å². The van der Waals surface area contributed by atoms with Gasteiger partial charge >= 0.3 is 0 Å². The number of rotatable bonds is 3. The van der Waals surface area contributed by atoms with Crippen LogP contribution in [0.1, 0.15) is 12.0 Å². The SMILES string of the molecule is CS(=O)(=O)N1CC[C@@H]2OCCN(Cc3cccnc3)[C@@H]2C1. The highest BCUT2D eigenvalue weighted by atomic mass is 32.2. The zero-order chi connectivity index (χ0) is 14.9. The zero-order valence-corrected chi connectivity index (χ0v) is 13.0. The molecule has 2 aliphatic rings. The Kier molecular flexibility index (Phi) is 4.26. The molecule has 2 atom stereocenters. The summed E-state index contributed by atoms with van der Waals surface area (Å²) in [5.74, 6) is 0. The van der Waals surface area contributed by atoms with Gasteiger partial charge in [-0.15, -0.1) is 0 Å². The van der Waals surface area contributed by atoms with E-state index in [4.69, 9.17) is 4.74 Å². The number of fused-ring (bicyclic) bond motifs is 1. The molecule has 3 rings (SSSR count). The number of hydrogen-bond donors (Lipinski definition) is 0. The van der Waals surface area contributed by atoms with Gasteiger partial charge in [0.15, 0.2) is 0 Å².